The molecule has 0 unspecified atom stereocenters. The van der Waals surface area contributed by atoms with Crippen molar-refractivity contribution in [1.82, 2.24) is 0 Å². The predicted molar refractivity (Wildman–Crippen MR) is 42.1 cm³/mol. The van der Waals surface area contributed by atoms with Gasteiger partial charge in [-0.05, 0) is 0 Å². The Bertz CT molecular complexity index is 346. The van der Waals surface area contributed by atoms with E-state index in [1.807, 2.05) is 0 Å². The number of aliphatic carboxylic acids is 3. The van der Waals surface area contributed by atoms with Gasteiger partial charge in [0.15, 0.2) is 5.60 Å². The van der Waals surface area contributed by atoms with Crippen LogP contribution in [0.2, 0.25) is 0 Å². The van der Waals surface area contributed by atoms with Crippen LogP contribution in [0.25, 0.3) is 0 Å². The second kappa shape index (κ2) is 13.5. The number of carbonyl (C=O) groups excluding carboxylic acids is 4. The van der Waals surface area contributed by atoms with E-state index < -0.39 is 48.9 Å². The molecule has 0 aliphatic heterocycles. The minimum absolute atomic E-state index is 0. The molecule has 9 nitrogen and oxygen atoms in total. The van der Waals surface area contributed by atoms with Crippen molar-refractivity contribution in [3.05, 3.63) is 0 Å². The Morgan fingerprint density at radius 1 is 0.900 bits per heavy atom. The molecule has 0 atom stereocenters. The van der Waals surface area contributed by atoms with Crippen LogP contribution in [0.4, 0.5) is 0 Å². The average molecular weight is 315 g/mol. The molecule has 0 spiro atoms. The van der Waals surface area contributed by atoms with E-state index in [1.54, 1.807) is 0 Å². The summed E-state index contributed by atoms with van der Waals surface area (Å²) in [6.07, 6.45) is -2.76. The first-order valence-electron chi connectivity index (χ1n) is 4.26. The fraction of sp³-hybridized carbons (Fsp3) is 0.500. The van der Waals surface area contributed by atoms with Gasteiger partial charge in [-0.2, -0.15) is 0 Å². The molecule has 2 N–H and O–H groups in total. The molecule has 0 aliphatic carbocycles. The Morgan fingerprint density at radius 2 is 1.25 bits per heavy atom. The van der Waals surface area contributed by atoms with Gasteiger partial charge in [0.2, 0.25) is 0 Å². The average Bonchev–Trinajstić information content (AvgIpc) is 2.14. The van der Waals surface area contributed by atoms with Crippen molar-refractivity contribution < 1.29 is 128 Å². The quantitative estimate of drug-likeness (QED) is 0.353. The van der Waals surface area contributed by atoms with Gasteiger partial charge in [-0.1, -0.05) is 0 Å². The maximum atomic E-state index is 10.8. The maximum Gasteiger partial charge on any atom is 1.00 e. The molecule has 96 valence electrons. The summed E-state index contributed by atoms with van der Waals surface area (Å²) in [6, 6.07) is 0. The molecule has 0 amide bonds. The van der Waals surface area contributed by atoms with Gasteiger partial charge < -0.3 is 40.2 Å². The summed E-state index contributed by atoms with van der Waals surface area (Å²) in [7, 11) is 0. The Balaban J connectivity index is -0.000000427. The number of carbonyl (C=O) groups is 4. The fourth-order valence-electron chi connectivity index (χ4n) is 1.05. The Labute approximate surface area is 180 Å². The molecule has 20 heavy (non-hydrogen) atoms. The first-order valence-corrected chi connectivity index (χ1v) is 4.26. The molecule has 0 fully saturated rings. The van der Waals surface area contributed by atoms with Gasteiger partial charge in [-0.3, -0.25) is 4.79 Å². The number of rotatable bonds is 7. The van der Waals surface area contributed by atoms with Gasteiger partial charge >= 0.3 is 94.6 Å². The molecular formula is C8H8NNa3O8. The SMILES string of the molecule is NCC(=O)OC(CC(=O)[O-])(CC(=O)[O-])C(=O)[O-].[Na+].[Na+].[Na+]. The minimum Gasteiger partial charge on any atom is -0.550 e. The molecule has 0 bridgehead atoms. The van der Waals surface area contributed by atoms with E-state index >= 15 is 0 Å². The maximum absolute atomic E-state index is 10.8. The second-order valence-electron chi connectivity index (χ2n) is 3.06. The molecule has 0 heterocycles. The smallest absolute Gasteiger partial charge is 0.550 e. The number of hydrogen-bond acceptors (Lipinski definition) is 9. The Morgan fingerprint density at radius 3 is 1.45 bits per heavy atom. The summed E-state index contributed by atoms with van der Waals surface area (Å²) in [5.74, 6) is -7.34. The zero-order valence-corrected chi connectivity index (χ0v) is 17.5. The van der Waals surface area contributed by atoms with E-state index in [0.29, 0.717) is 0 Å². The number of hydrogen-bond donors (Lipinski definition) is 1. The van der Waals surface area contributed by atoms with Crippen molar-refractivity contribution in [3.8, 4) is 0 Å². The molecule has 0 rings (SSSR count). The largest absolute Gasteiger partial charge is 1.00 e. The molecular weight excluding hydrogens is 307 g/mol. The van der Waals surface area contributed by atoms with Crippen LogP contribution in [0, 0.1) is 0 Å². The van der Waals surface area contributed by atoms with E-state index in [1.165, 1.54) is 0 Å². The van der Waals surface area contributed by atoms with E-state index in [0.717, 1.165) is 0 Å². The van der Waals surface area contributed by atoms with Crippen molar-refractivity contribution in [2.45, 2.75) is 18.4 Å². The van der Waals surface area contributed by atoms with Crippen LogP contribution < -0.4 is 110 Å². The summed E-state index contributed by atoms with van der Waals surface area (Å²) >= 11 is 0. The van der Waals surface area contributed by atoms with Crippen molar-refractivity contribution in [1.29, 1.82) is 0 Å². The van der Waals surface area contributed by atoms with Crippen molar-refractivity contribution in [3.63, 3.8) is 0 Å². The summed E-state index contributed by atoms with van der Waals surface area (Å²) in [5.41, 5.74) is 1.95. The van der Waals surface area contributed by atoms with Crippen LogP contribution in [0.3, 0.4) is 0 Å². The van der Waals surface area contributed by atoms with Crippen LogP contribution in [-0.2, 0) is 23.9 Å². The third-order valence-electron chi connectivity index (χ3n) is 1.71. The zero-order valence-electron chi connectivity index (χ0n) is 11.5. The summed E-state index contributed by atoms with van der Waals surface area (Å²) in [6.45, 7) is -0.755. The van der Waals surface area contributed by atoms with Crippen LogP contribution >= 0.6 is 0 Å². The van der Waals surface area contributed by atoms with Gasteiger partial charge in [0.1, 0.15) is 0 Å². The van der Waals surface area contributed by atoms with Gasteiger partial charge in [0.05, 0.1) is 12.5 Å². The standard InChI is InChI=1S/C8H11NO8.3Na/c9-3-6(14)17-8(7(15)16,1-4(10)11)2-5(12)13;;;/h1-3,9H2,(H,10,11)(H,12,13)(H,15,16);;;/q;3*+1/p-3. The fourth-order valence-corrected chi connectivity index (χ4v) is 1.05. The van der Waals surface area contributed by atoms with E-state index in [9.17, 15) is 34.5 Å². The molecule has 0 saturated carbocycles. The third-order valence-corrected chi connectivity index (χ3v) is 1.71. The molecule has 0 aromatic heterocycles. The summed E-state index contributed by atoms with van der Waals surface area (Å²) in [4.78, 5) is 42.2. The number of nitrogens with two attached hydrogens (primary N) is 1. The topological polar surface area (TPSA) is 173 Å². The number of carboxylic acid groups (broad SMARTS) is 3. The van der Waals surface area contributed by atoms with Crippen LogP contribution in [0.15, 0.2) is 0 Å². The van der Waals surface area contributed by atoms with Gasteiger partial charge in [0.25, 0.3) is 0 Å². The van der Waals surface area contributed by atoms with Gasteiger partial charge in [-0.25, -0.2) is 0 Å². The third kappa shape index (κ3) is 10.6. The van der Waals surface area contributed by atoms with Crippen molar-refractivity contribution >= 4 is 23.9 Å². The first kappa shape index (κ1) is 28.9. The summed E-state index contributed by atoms with van der Waals surface area (Å²) < 4.78 is 4.20. The molecule has 12 heteroatoms. The van der Waals surface area contributed by atoms with Crippen molar-refractivity contribution in [2.24, 2.45) is 5.73 Å². The predicted octanol–water partition coefficient (Wildman–Crippen LogP) is -14.7. The number of ether oxygens (including phenoxy) is 1. The molecule has 0 radical (unpaired) electrons. The molecule has 0 aromatic carbocycles. The monoisotopic (exact) mass is 315 g/mol. The van der Waals surface area contributed by atoms with Crippen LogP contribution in [0.1, 0.15) is 12.8 Å². The van der Waals surface area contributed by atoms with Crippen molar-refractivity contribution in [2.75, 3.05) is 6.54 Å². The van der Waals surface area contributed by atoms with Crippen LogP contribution in [-0.4, -0.2) is 36.0 Å². The Hall–Kier alpha value is 0.840. The molecule has 0 aromatic rings. The van der Waals surface area contributed by atoms with Gasteiger partial charge in [0, 0.05) is 24.8 Å². The number of esters is 1. The Kier molecular flexibility index (Phi) is 19.5. The van der Waals surface area contributed by atoms with Crippen LogP contribution in [0.5, 0.6) is 0 Å². The normalized spacial score (nSPS) is 9.05. The second-order valence-corrected chi connectivity index (χ2v) is 3.06. The molecule has 0 saturated heterocycles. The van der Waals surface area contributed by atoms with E-state index in [4.69, 9.17) is 5.73 Å². The van der Waals surface area contributed by atoms with E-state index in [-0.39, 0.29) is 88.7 Å². The first-order chi connectivity index (χ1) is 7.73. The molecule has 0 aliphatic rings. The minimum atomic E-state index is -2.88. The number of carboxylic acids is 3. The summed E-state index contributed by atoms with van der Waals surface area (Å²) in [5, 5.41) is 31.4. The van der Waals surface area contributed by atoms with E-state index in [2.05, 4.69) is 4.74 Å². The zero-order chi connectivity index (χ0) is 13.6. The van der Waals surface area contributed by atoms with Gasteiger partial charge in [-0.15, -0.1) is 0 Å².